The summed E-state index contributed by atoms with van der Waals surface area (Å²) in [6.45, 7) is 0.939. The van der Waals surface area contributed by atoms with Crippen LogP contribution >= 0.6 is 50.3 Å². The van der Waals surface area contributed by atoms with E-state index in [-0.39, 0.29) is 11.7 Å². The minimum Gasteiger partial charge on any atom is -0.506 e. The highest BCUT2D eigenvalue weighted by Gasteiger charge is 2.33. The maximum Gasteiger partial charge on any atom is 0.267 e. The van der Waals surface area contributed by atoms with E-state index in [0.717, 1.165) is 15.6 Å². The van der Waals surface area contributed by atoms with Crippen LogP contribution in [0.2, 0.25) is 0 Å². The average Bonchev–Trinajstić information content (AvgIpc) is 3.06. The number of benzene rings is 3. The largest absolute Gasteiger partial charge is 0.506 e. The molecule has 7 heteroatoms. The number of phenols is 1. The number of carbonyl (C=O) groups excluding carboxylic acids is 1. The number of thioether (sulfide) groups is 1. The number of amides is 1. The molecular formula is C24H18BrIN2O2S. The van der Waals surface area contributed by atoms with Crippen molar-refractivity contribution < 1.29 is 9.90 Å². The van der Waals surface area contributed by atoms with E-state index in [2.05, 4.69) is 38.5 Å². The van der Waals surface area contributed by atoms with E-state index in [1.165, 1.54) is 11.8 Å². The van der Waals surface area contributed by atoms with Crippen molar-refractivity contribution >= 4 is 67.4 Å². The third kappa shape index (κ3) is 5.39. The highest BCUT2D eigenvalue weighted by Crippen LogP contribution is 2.37. The van der Waals surface area contributed by atoms with Crippen molar-refractivity contribution in [1.29, 1.82) is 0 Å². The molecule has 3 aromatic rings. The van der Waals surface area contributed by atoms with E-state index in [0.29, 0.717) is 32.3 Å². The van der Waals surface area contributed by atoms with E-state index in [4.69, 9.17) is 4.99 Å². The number of halogens is 2. The maximum absolute atomic E-state index is 13.3. The van der Waals surface area contributed by atoms with Gasteiger partial charge in [0.15, 0.2) is 5.17 Å². The summed E-state index contributed by atoms with van der Waals surface area (Å²) < 4.78 is 1.56. The predicted octanol–water partition coefficient (Wildman–Crippen LogP) is 6.43. The summed E-state index contributed by atoms with van der Waals surface area (Å²) in [4.78, 5) is 20.3. The molecule has 0 atom stereocenters. The first-order valence-electron chi connectivity index (χ1n) is 9.53. The van der Waals surface area contributed by atoms with Crippen LogP contribution in [0.3, 0.4) is 0 Å². The number of amidine groups is 1. The average molecular weight is 605 g/mol. The molecule has 0 unspecified atom stereocenters. The van der Waals surface area contributed by atoms with Gasteiger partial charge in [0, 0.05) is 10.0 Å². The summed E-state index contributed by atoms with van der Waals surface area (Å²) >= 11 is 6.87. The van der Waals surface area contributed by atoms with E-state index < -0.39 is 0 Å². The zero-order valence-electron chi connectivity index (χ0n) is 16.3. The fraction of sp³-hybridized carbons (Fsp3) is 0.0833. The number of rotatable bonds is 5. The van der Waals surface area contributed by atoms with Gasteiger partial charge in [-0.2, -0.15) is 0 Å². The summed E-state index contributed by atoms with van der Waals surface area (Å²) in [7, 11) is 0. The second-order valence-corrected chi connectivity index (χ2v) is 9.98. The molecule has 1 saturated heterocycles. The second-order valence-electron chi connectivity index (χ2n) is 6.90. The number of hydrogen-bond acceptors (Lipinski definition) is 4. The van der Waals surface area contributed by atoms with Crippen LogP contribution in [0.1, 0.15) is 16.7 Å². The van der Waals surface area contributed by atoms with E-state index in [1.54, 1.807) is 17.0 Å². The molecule has 1 N–H and O–H groups in total. The molecule has 0 saturated carbocycles. The SMILES string of the molecule is O=C1/C(=C/c2cc(Br)cc(I)c2O)SC(=NCc2ccccc2)N1Cc1ccccc1. The Labute approximate surface area is 207 Å². The maximum atomic E-state index is 13.3. The van der Waals surface area contributed by atoms with Crippen molar-refractivity contribution in [2.75, 3.05) is 0 Å². The number of carbonyl (C=O) groups is 1. The Hall–Kier alpha value is -2.10. The molecule has 1 aliphatic rings. The van der Waals surface area contributed by atoms with Gasteiger partial charge in [-0.25, -0.2) is 0 Å². The monoisotopic (exact) mass is 604 g/mol. The molecule has 1 fully saturated rings. The molecule has 0 spiro atoms. The van der Waals surface area contributed by atoms with Crippen LogP contribution in [0.5, 0.6) is 5.75 Å². The highest BCUT2D eigenvalue weighted by atomic mass is 127. The summed E-state index contributed by atoms with van der Waals surface area (Å²) in [5.74, 6) is 0.0454. The molecule has 4 nitrogen and oxygen atoms in total. The zero-order chi connectivity index (χ0) is 21.8. The molecule has 31 heavy (non-hydrogen) atoms. The predicted molar refractivity (Wildman–Crippen MR) is 139 cm³/mol. The summed E-state index contributed by atoms with van der Waals surface area (Å²) in [5.41, 5.74) is 2.71. The standard InChI is InChI=1S/C24H18BrIN2O2S/c25-19-11-18(22(29)20(26)13-19)12-21-23(30)28(15-17-9-5-2-6-10-17)24(31-21)27-14-16-7-3-1-4-8-16/h1-13,29H,14-15H2/b21-12-,27-24?. The lowest BCUT2D eigenvalue weighted by Crippen LogP contribution is -2.28. The molecule has 0 aliphatic carbocycles. The van der Waals surface area contributed by atoms with Crippen LogP contribution in [0.25, 0.3) is 6.08 Å². The Morgan fingerprint density at radius 3 is 2.35 bits per heavy atom. The Morgan fingerprint density at radius 1 is 1.03 bits per heavy atom. The van der Waals surface area contributed by atoms with Gasteiger partial charge in [0.2, 0.25) is 0 Å². The molecule has 3 aromatic carbocycles. The van der Waals surface area contributed by atoms with Crippen molar-refractivity contribution in [3.63, 3.8) is 0 Å². The van der Waals surface area contributed by atoms with Gasteiger partial charge in [0.05, 0.1) is 21.6 Å². The molecule has 1 heterocycles. The highest BCUT2D eigenvalue weighted by molar-refractivity contribution is 14.1. The van der Waals surface area contributed by atoms with E-state index in [1.807, 2.05) is 66.7 Å². The van der Waals surface area contributed by atoms with Crippen LogP contribution in [-0.2, 0) is 17.9 Å². The van der Waals surface area contributed by atoms with Crippen LogP contribution in [-0.4, -0.2) is 21.1 Å². The van der Waals surface area contributed by atoms with Crippen LogP contribution in [0.4, 0.5) is 0 Å². The number of hydrogen-bond donors (Lipinski definition) is 1. The van der Waals surface area contributed by atoms with Crippen molar-refractivity contribution in [1.82, 2.24) is 4.90 Å². The quantitative estimate of drug-likeness (QED) is 0.270. The Kier molecular flexibility index (Phi) is 7.14. The van der Waals surface area contributed by atoms with Gasteiger partial charge < -0.3 is 5.11 Å². The minimum atomic E-state index is -0.116. The third-order valence-corrected chi connectivity index (χ3v) is 6.98. The number of phenolic OH excluding ortho intramolecular Hbond substituents is 1. The Balaban J connectivity index is 1.68. The third-order valence-electron chi connectivity index (χ3n) is 4.66. The van der Waals surface area contributed by atoms with E-state index in [9.17, 15) is 9.90 Å². The Morgan fingerprint density at radius 2 is 1.68 bits per heavy atom. The second kappa shape index (κ2) is 10.0. The first-order chi connectivity index (χ1) is 15.0. The lowest BCUT2D eigenvalue weighted by Gasteiger charge is -2.15. The molecule has 0 aromatic heterocycles. The number of aromatic hydroxyl groups is 1. The number of aliphatic imine (C=N–C) groups is 1. The van der Waals surface area contributed by atoms with Gasteiger partial charge in [-0.3, -0.25) is 14.7 Å². The summed E-state index contributed by atoms with van der Waals surface area (Å²) in [6.07, 6.45) is 1.73. The smallest absolute Gasteiger partial charge is 0.267 e. The molecule has 0 radical (unpaired) electrons. The summed E-state index contributed by atoms with van der Waals surface area (Å²) in [5, 5.41) is 11.1. The van der Waals surface area contributed by atoms with Crippen molar-refractivity contribution in [2.45, 2.75) is 13.1 Å². The fourth-order valence-corrected chi connectivity index (χ4v) is 5.63. The molecule has 156 valence electrons. The van der Waals surface area contributed by atoms with Gasteiger partial charge in [-0.05, 0) is 63.7 Å². The van der Waals surface area contributed by atoms with Crippen molar-refractivity contribution in [2.24, 2.45) is 4.99 Å². The van der Waals surface area contributed by atoms with Gasteiger partial charge in [-0.1, -0.05) is 76.6 Å². The molecule has 0 bridgehead atoms. The Bertz CT molecular complexity index is 1170. The summed E-state index contributed by atoms with van der Waals surface area (Å²) in [6, 6.07) is 23.5. The number of nitrogens with zero attached hydrogens (tertiary/aromatic N) is 2. The van der Waals surface area contributed by atoms with E-state index >= 15 is 0 Å². The first-order valence-corrected chi connectivity index (χ1v) is 12.2. The van der Waals surface area contributed by atoms with Crippen LogP contribution < -0.4 is 0 Å². The van der Waals surface area contributed by atoms with Gasteiger partial charge in [-0.15, -0.1) is 0 Å². The molecule has 4 rings (SSSR count). The lowest BCUT2D eigenvalue weighted by atomic mass is 10.2. The van der Waals surface area contributed by atoms with Crippen molar-refractivity contribution in [3.8, 4) is 5.75 Å². The van der Waals surface area contributed by atoms with Crippen LogP contribution in [0, 0.1) is 3.57 Å². The minimum absolute atomic E-state index is 0.116. The van der Waals surface area contributed by atoms with Gasteiger partial charge in [0.1, 0.15) is 5.75 Å². The van der Waals surface area contributed by atoms with Gasteiger partial charge in [0.25, 0.3) is 5.91 Å². The normalized spacial score (nSPS) is 16.5. The molecule has 1 amide bonds. The molecule has 1 aliphatic heterocycles. The topological polar surface area (TPSA) is 52.9 Å². The zero-order valence-corrected chi connectivity index (χ0v) is 20.9. The van der Waals surface area contributed by atoms with Crippen molar-refractivity contribution in [3.05, 3.63) is 102 Å². The fourth-order valence-electron chi connectivity index (χ4n) is 3.11. The van der Waals surface area contributed by atoms with Gasteiger partial charge >= 0.3 is 0 Å². The van der Waals surface area contributed by atoms with Crippen LogP contribution in [0.15, 0.2) is 87.2 Å². The lowest BCUT2D eigenvalue weighted by molar-refractivity contribution is -0.122. The molecular weight excluding hydrogens is 587 g/mol. The first kappa shape index (κ1) is 22.1.